The fraction of sp³-hybridized carbons (Fsp3) is 0.429. The summed E-state index contributed by atoms with van der Waals surface area (Å²) < 4.78 is 0. The molecule has 0 aliphatic rings. The quantitative estimate of drug-likeness (QED) is 0.785. The van der Waals surface area contributed by atoms with E-state index in [9.17, 15) is 5.11 Å². The number of β-amino-alcohol motifs (C(OH)–C–C–N with tert-alkyl or cyclic N) is 1. The van der Waals surface area contributed by atoms with E-state index in [1.165, 1.54) is 0 Å². The number of H-pyrrole nitrogens is 1. The molecule has 2 rings (SSSR count). The molecular formula is C14H20N4O. The minimum absolute atomic E-state index is 0.0258. The van der Waals surface area contributed by atoms with E-state index in [4.69, 9.17) is 0 Å². The second kappa shape index (κ2) is 5.50. The molecule has 0 aliphatic carbocycles. The standard InChI is InChI=1S/C14H20N4O/c1-14(2,3)17-8-13(19)11-6-4-5-10(18-11)12-7-15-9-16-12/h4-7,9,13,17,19H,8H2,1-3H3,(H,15,16). The van der Waals surface area contributed by atoms with Gasteiger partial charge in [-0.2, -0.15) is 0 Å². The number of imidazole rings is 1. The van der Waals surface area contributed by atoms with Crippen LogP contribution >= 0.6 is 0 Å². The minimum Gasteiger partial charge on any atom is -0.385 e. The molecule has 0 saturated carbocycles. The highest BCUT2D eigenvalue weighted by molar-refractivity contribution is 5.52. The third kappa shape index (κ3) is 3.87. The summed E-state index contributed by atoms with van der Waals surface area (Å²) in [6, 6.07) is 5.61. The predicted molar refractivity (Wildman–Crippen MR) is 74.5 cm³/mol. The summed E-state index contributed by atoms with van der Waals surface area (Å²) in [5.74, 6) is 0. The zero-order valence-electron chi connectivity index (χ0n) is 11.5. The third-order valence-corrected chi connectivity index (χ3v) is 2.71. The largest absolute Gasteiger partial charge is 0.385 e. The van der Waals surface area contributed by atoms with E-state index in [1.807, 2.05) is 18.2 Å². The van der Waals surface area contributed by atoms with Crippen molar-refractivity contribution in [2.24, 2.45) is 0 Å². The molecule has 0 bridgehead atoms. The Morgan fingerprint density at radius 2 is 2.16 bits per heavy atom. The fourth-order valence-corrected chi connectivity index (χ4v) is 1.69. The summed E-state index contributed by atoms with van der Waals surface area (Å²) in [6.07, 6.45) is 2.70. The third-order valence-electron chi connectivity index (χ3n) is 2.71. The zero-order chi connectivity index (χ0) is 13.9. The van der Waals surface area contributed by atoms with Crippen LogP contribution in [0.25, 0.3) is 11.4 Å². The van der Waals surface area contributed by atoms with Crippen molar-refractivity contribution < 1.29 is 5.11 Å². The van der Waals surface area contributed by atoms with Crippen molar-refractivity contribution in [2.75, 3.05) is 6.54 Å². The van der Waals surface area contributed by atoms with Crippen LogP contribution in [0.15, 0.2) is 30.7 Å². The van der Waals surface area contributed by atoms with E-state index in [0.717, 1.165) is 11.4 Å². The van der Waals surface area contributed by atoms with Gasteiger partial charge in [0.15, 0.2) is 0 Å². The molecule has 0 aliphatic heterocycles. The van der Waals surface area contributed by atoms with Crippen LogP contribution in [0.1, 0.15) is 32.6 Å². The van der Waals surface area contributed by atoms with Crippen LogP contribution in [0.4, 0.5) is 0 Å². The lowest BCUT2D eigenvalue weighted by atomic mass is 10.1. The molecule has 0 radical (unpaired) electrons. The van der Waals surface area contributed by atoms with Crippen molar-refractivity contribution in [1.29, 1.82) is 0 Å². The Kier molecular flexibility index (Phi) is 3.97. The van der Waals surface area contributed by atoms with E-state index in [2.05, 4.69) is 41.0 Å². The minimum atomic E-state index is -0.623. The molecule has 0 saturated heterocycles. The van der Waals surface area contributed by atoms with Crippen LogP contribution in [0.2, 0.25) is 0 Å². The number of nitrogens with zero attached hydrogens (tertiary/aromatic N) is 2. The lowest BCUT2D eigenvalue weighted by Gasteiger charge is -2.22. The fourth-order valence-electron chi connectivity index (χ4n) is 1.69. The second-order valence-electron chi connectivity index (χ2n) is 5.56. The van der Waals surface area contributed by atoms with Gasteiger partial charge in [0.05, 0.1) is 29.6 Å². The van der Waals surface area contributed by atoms with Gasteiger partial charge in [0.2, 0.25) is 0 Å². The van der Waals surface area contributed by atoms with Crippen molar-refractivity contribution in [3.8, 4) is 11.4 Å². The van der Waals surface area contributed by atoms with E-state index < -0.39 is 6.10 Å². The average molecular weight is 260 g/mol. The van der Waals surface area contributed by atoms with E-state index in [-0.39, 0.29) is 5.54 Å². The molecule has 1 atom stereocenters. The SMILES string of the molecule is CC(C)(C)NCC(O)c1cccc(-c2cnc[nH]2)n1. The maximum Gasteiger partial charge on any atom is 0.108 e. The molecular weight excluding hydrogens is 240 g/mol. The molecule has 5 nitrogen and oxygen atoms in total. The van der Waals surface area contributed by atoms with Crippen molar-refractivity contribution >= 4 is 0 Å². The first-order valence-electron chi connectivity index (χ1n) is 6.34. The molecule has 1 unspecified atom stereocenters. The number of aliphatic hydroxyl groups is 1. The lowest BCUT2D eigenvalue weighted by Crippen LogP contribution is -2.38. The first kappa shape index (κ1) is 13.7. The molecule has 2 aromatic heterocycles. The molecule has 102 valence electrons. The topological polar surface area (TPSA) is 73.8 Å². The summed E-state index contributed by atoms with van der Waals surface area (Å²) in [5, 5.41) is 13.4. The Labute approximate surface area is 113 Å². The Morgan fingerprint density at radius 3 is 2.79 bits per heavy atom. The van der Waals surface area contributed by atoms with Gasteiger partial charge in [0.1, 0.15) is 6.10 Å². The maximum atomic E-state index is 10.2. The molecule has 5 heteroatoms. The first-order valence-corrected chi connectivity index (χ1v) is 6.34. The summed E-state index contributed by atoms with van der Waals surface area (Å²) in [7, 11) is 0. The monoisotopic (exact) mass is 260 g/mol. The summed E-state index contributed by atoms with van der Waals surface area (Å²) in [6.45, 7) is 6.67. The summed E-state index contributed by atoms with van der Waals surface area (Å²) in [4.78, 5) is 11.4. The molecule has 0 spiro atoms. The number of pyridine rings is 1. The van der Waals surface area contributed by atoms with Gasteiger partial charge in [-0.1, -0.05) is 6.07 Å². The Hall–Kier alpha value is -1.72. The average Bonchev–Trinajstić information content (AvgIpc) is 2.89. The Balaban J connectivity index is 2.10. The molecule has 0 fully saturated rings. The van der Waals surface area contributed by atoms with Crippen LogP contribution < -0.4 is 5.32 Å². The van der Waals surface area contributed by atoms with Crippen LogP contribution in [-0.2, 0) is 0 Å². The summed E-state index contributed by atoms with van der Waals surface area (Å²) >= 11 is 0. The molecule has 2 aromatic rings. The Morgan fingerprint density at radius 1 is 1.37 bits per heavy atom. The number of hydrogen-bond acceptors (Lipinski definition) is 4. The molecule has 0 amide bonds. The summed E-state index contributed by atoms with van der Waals surface area (Å²) in [5.41, 5.74) is 2.26. The van der Waals surface area contributed by atoms with Crippen LogP contribution in [0.3, 0.4) is 0 Å². The van der Waals surface area contributed by atoms with Crippen LogP contribution in [0, 0.1) is 0 Å². The number of aromatic nitrogens is 3. The van der Waals surface area contributed by atoms with Gasteiger partial charge in [-0.25, -0.2) is 9.97 Å². The molecule has 3 N–H and O–H groups in total. The first-order chi connectivity index (χ1) is 8.96. The predicted octanol–water partition coefficient (Wildman–Crippen LogP) is 1.89. The van der Waals surface area contributed by atoms with Crippen molar-refractivity contribution in [1.82, 2.24) is 20.3 Å². The highest BCUT2D eigenvalue weighted by Crippen LogP contribution is 2.17. The van der Waals surface area contributed by atoms with Gasteiger partial charge in [-0.15, -0.1) is 0 Å². The number of hydrogen-bond donors (Lipinski definition) is 3. The lowest BCUT2D eigenvalue weighted by molar-refractivity contribution is 0.159. The smallest absolute Gasteiger partial charge is 0.108 e. The maximum absolute atomic E-state index is 10.2. The van der Waals surface area contributed by atoms with Gasteiger partial charge in [0.25, 0.3) is 0 Å². The highest BCUT2D eigenvalue weighted by Gasteiger charge is 2.15. The normalized spacial score (nSPS) is 13.5. The van der Waals surface area contributed by atoms with E-state index in [0.29, 0.717) is 12.2 Å². The van der Waals surface area contributed by atoms with Gasteiger partial charge in [-0.3, -0.25) is 0 Å². The molecule has 19 heavy (non-hydrogen) atoms. The molecule has 0 aromatic carbocycles. The van der Waals surface area contributed by atoms with Crippen molar-refractivity contribution in [3.05, 3.63) is 36.4 Å². The van der Waals surface area contributed by atoms with Gasteiger partial charge < -0.3 is 15.4 Å². The highest BCUT2D eigenvalue weighted by atomic mass is 16.3. The molecule has 2 heterocycles. The van der Waals surface area contributed by atoms with Gasteiger partial charge >= 0.3 is 0 Å². The van der Waals surface area contributed by atoms with Crippen molar-refractivity contribution in [3.63, 3.8) is 0 Å². The van der Waals surface area contributed by atoms with Crippen molar-refractivity contribution in [2.45, 2.75) is 32.4 Å². The number of nitrogens with one attached hydrogen (secondary N) is 2. The van der Waals surface area contributed by atoms with Crippen LogP contribution in [0.5, 0.6) is 0 Å². The van der Waals surface area contributed by atoms with Gasteiger partial charge in [-0.05, 0) is 32.9 Å². The van der Waals surface area contributed by atoms with E-state index >= 15 is 0 Å². The zero-order valence-corrected chi connectivity index (χ0v) is 11.5. The van der Waals surface area contributed by atoms with E-state index in [1.54, 1.807) is 12.5 Å². The van der Waals surface area contributed by atoms with Crippen LogP contribution in [-0.4, -0.2) is 32.1 Å². The Bertz CT molecular complexity index is 516. The second-order valence-corrected chi connectivity index (χ2v) is 5.56. The number of aliphatic hydroxyl groups excluding tert-OH is 1. The van der Waals surface area contributed by atoms with Gasteiger partial charge in [0, 0.05) is 12.1 Å². The number of aromatic amines is 1. The number of rotatable bonds is 4.